The van der Waals surface area contributed by atoms with Gasteiger partial charge in [0.1, 0.15) is 5.94 Å². The first-order valence-corrected chi connectivity index (χ1v) is 6.71. The molecule has 0 saturated heterocycles. The van der Waals surface area contributed by atoms with Crippen LogP contribution in [0, 0.1) is 0 Å². The smallest absolute Gasteiger partial charge is 0.336 e. The number of aliphatic hydroxyl groups is 1. The predicted octanol–water partition coefficient (Wildman–Crippen LogP) is 2.29. The van der Waals surface area contributed by atoms with Gasteiger partial charge < -0.3 is 10.2 Å². The van der Waals surface area contributed by atoms with Crippen LogP contribution in [0.1, 0.15) is 30.7 Å². The van der Waals surface area contributed by atoms with Crippen LogP contribution in [0.5, 0.6) is 0 Å². The van der Waals surface area contributed by atoms with Crippen LogP contribution in [0.25, 0.3) is 0 Å². The quantitative estimate of drug-likeness (QED) is 0.818. The van der Waals surface area contributed by atoms with Crippen LogP contribution in [-0.2, 0) is 9.59 Å². The minimum atomic E-state index is -1.93. The molecule has 1 saturated carbocycles. The Kier molecular flexibility index (Phi) is 3.90. The molecule has 1 aromatic rings. The molecule has 2 atom stereocenters. The van der Waals surface area contributed by atoms with E-state index in [4.69, 9.17) is 0 Å². The third-order valence-corrected chi connectivity index (χ3v) is 4.11. The number of hydrogen-bond acceptors (Lipinski definition) is 3. The number of halogens is 1. The van der Waals surface area contributed by atoms with Crippen molar-refractivity contribution in [3.05, 3.63) is 39.9 Å². The Morgan fingerprint density at radius 2 is 2.00 bits per heavy atom. The Labute approximate surface area is 118 Å². The minimum absolute atomic E-state index is 0.160. The standard InChI is InChI=1S/C14H13BrO4/c15-11-4-2-10(3-5-11)12-6-1-9(8-16)7-14(12,19)13(17)18/h2-5,12,19H,1,6-7H2,(H,17,18). The average molecular weight is 325 g/mol. The summed E-state index contributed by atoms with van der Waals surface area (Å²) >= 11 is 3.31. The number of rotatable bonds is 2. The van der Waals surface area contributed by atoms with E-state index in [-0.39, 0.29) is 6.42 Å². The zero-order chi connectivity index (χ0) is 14.0. The van der Waals surface area contributed by atoms with E-state index in [9.17, 15) is 19.8 Å². The molecule has 0 aliphatic heterocycles. The number of carboxylic acids is 1. The van der Waals surface area contributed by atoms with Gasteiger partial charge in [-0.3, -0.25) is 0 Å². The molecule has 0 spiro atoms. The maximum Gasteiger partial charge on any atom is 0.336 e. The minimum Gasteiger partial charge on any atom is -0.479 e. The summed E-state index contributed by atoms with van der Waals surface area (Å²) in [7, 11) is 0. The van der Waals surface area contributed by atoms with Crippen LogP contribution in [0.15, 0.2) is 34.3 Å². The molecule has 1 aliphatic rings. The van der Waals surface area contributed by atoms with E-state index >= 15 is 0 Å². The summed E-state index contributed by atoms with van der Waals surface area (Å²) < 4.78 is 0.888. The summed E-state index contributed by atoms with van der Waals surface area (Å²) in [5.74, 6) is -0.0857. The number of carboxylic acid groups (broad SMARTS) is 1. The molecule has 5 heteroatoms. The molecule has 0 heterocycles. The molecule has 0 bridgehead atoms. The first kappa shape index (κ1) is 14.0. The zero-order valence-electron chi connectivity index (χ0n) is 10.1. The van der Waals surface area contributed by atoms with Crippen molar-refractivity contribution in [2.45, 2.75) is 30.8 Å². The lowest BCUT2D eigenvalue weighted by Crippen LogP contribution is -2.47. The number of hydrogen-bond donors (Lipinski definition) is 2. The summed E-state index contributed by atoms with van der Waals surface area (Å²) in [5.41, 5.74) is -0.838. The Hall–Kier alpha value is -1.42. The highest BCUT2D eigenvalue weighted by atomic mass is 79.9. The second-order valence-corrected chi connectivity index (χ2v) is 5.67. The lowest BCUT2D eigenvalue weighted by atomic mass is 9.70. The summed E-state index contributed by atoms with van der Waals surface area (Å²) in [5, 5.41) is 19.7. The van der Waals surface area contributed by atoms with Gasteiger partial charge in [0.05, 0.1) is 0 Å². The highest BCUT2D eigenvalue weighted by molar-refractivity contribution is 9.10. The molecular formula is C14H13BrO4. The molecule has 1 aromatic carbocycles. The Bertz CT molecular complexity index is 545. The van der Waals surface area contributed by atoms with E-state index in [2.05, 4.69) is 15.9 Å². The van der Waals surface area contributed by atoms with E-state index in [1.807, 2.05) is 12.1 Å². The van der Waals surface area contributed by atoms with Crippen LogP contribution >= 0.6 is 15.9 Å². The highest BCUT2D eigenvalue weighted by Gasteiger charge is 2.48. The van der Waals surface area contributed by atoms with Crippen LogP contribution in [0.2, 0.25) is 0 Å². The Balaban J connectivity index is 2.40. The third kappa shape index (κ3) is 2.63. The van der Waals surface area contributed by atoms with Crippen molar-refractivity contribution in [1.82, 2.24) is 0 Å². The number of carbonyl (C=O) groups excluding carboxylic acids is 1. The Morgan fingerprint density at radius 3 is 2.53 bits per heavy atom. The molecule has 0 aromatic heterocycles. The molecule has 0 radical (unpaired) electrons. The SMILES string of the molecule is O=C=C1CCC(c2ccc(Br)cc2)C(O)(C(=O)O)C1. The van der Waals surface area contributed by atoms with Gasteiger partial charge in [-0.2, -0.15) is 0 Å². The van der Waals surface area contributed by atoms with Gasteiger partial charge in [0, 0.05) is 22.4 Å². The van der Waals surface area contributed by atoms with E-state index in [0.29, 0.717) is 18.4 Å². The average Bonchev–Trinajstić information content (AvgIpc) is 2.39. The largest absolute Gasteiger partial charge is 0.479 e. The van der Waals surface area contributed by atoms with E-state index in [1.165, 1.54) is 0 Å². The van der Waals surface area contributed by atoms with Crippen molar-refractivity contribution < 1.29 is 19.8 Å². The van der Waals surface area contributed by atoms with Crippen molar-refractivity contribution >= 4 is 27.8 Å². The fourth-order valence-corrected chi connectivity index (χ4v) is 2.81. The molecule has 100 valence electrons. The van der Waals surface area contributed by atoms with Gasteiger partial charge in [-0.25, -0.2) is 9.59 Å². The molecular weight excluding hydrogens is 312 g/mol. The van der Waals surface area contributed by atoms with Gasteiger partial charge >= 0.3 is 5.97 Å². The fourth-order valence-electron chi connectivity index (χ4n) is 2.54. The topological polar surface area (TPSA) is 74.6 Å². The van der Waals surface area contributed by atoms with Gasteiger partial charge in [-0.1, -0.05) is 28.1 Å². The van der Waals surface area contributed by atoms with Crippen LogP contribution in [0.3, 0.4) is 0 Å². The monoisotopic (exact) mass is 324 g/mol. The molecule has 0 amide bonds. The third-order valence-electron chi connectivity index (χ3n) is 3.58. The molecule has 2 rings (SSSR count). The fraction of sp³-hybridized carbons (Fsp3) is 0.357. The maximum absolute atomic E-state index is 11.4. The van der Waals surface area contributed by atoms with E-state index in [0.717, 1.165) is 10.0 Å². The first-order valence-electron chi connectivity index (χ1n) is 5.91. The van der Waals surface area contributed by atoms with Crippen LogP contribution in [-0.4, -0.2) is 27.7 Å². The molecule has 1 aliphatic carbocycles. The van der Waals surface area contributed by atoms with Crippen molar-refractivity contribution in [2.75, 3.05) is 0 Å². The van der Waals surface area contributed by atoms with Gasteiger partial charge in [-0.15, -0.1) is 0 Å². The summed E-state index contributed by atoms with van der Waals surface area (Å²) in [6.07, 6.45) is 0.737. The number of benzene rings is 1. The van der Waals surface area contributed by atoms with Crippen LogP contribution < -0.4 is 0 Å². The molecule has 2 unspecified atom stereocenters. The lowest BCUT2D eigenvalue weighted by molar-refractivity contribution is -0.162. The second kappa shape index (κ2) is 5.29. The number of carbonyl (C=O) groups is 1. The molecule has 1 fully saturated rings. The van der Waals surface area contributed by atoms with E-state index < -0.39 is 17.5 Å². The molecule has 19 heavy (non-hydrogen) atoms. The Morgan fingerprint density at radius 1 is 1.37 bits per heavy atom. The van der Waals surface area contributed by atoms with Gasteiger partial charge in [0.25, 0.3) is 0 Å². The zero-order valence-corrected chi connectivity index (χ0v) is 11.7. The van der Waals surface area contributed by atoms with Crippen LogP contribution in [0.4, 0.5) is 0 Å². The highest BCUT2D eigenvalue weighted by Crippen LogP contribution is 2.42. The summed E-state index contributed by atoms with van der Waals surface area (Å²) in [4.78, 5) is 22.1. The van der Waals surface area contributed by atoms with Gasteiger partial charge in [-0.05, 0) is 30.5 Å². The normalized spacial score (nSPS) is 26.8. The number of aliphatic carboxylic acids is 1. The van der Waals surface area contributed by atoms with Crippen molar-refractivity contribution in [3.8, 4) is 0 Å². The van der Waals surface area contributed by atoms with Gasteiger partial charge in [0.15, 0.2) is 5.60 Å². The maximum atomic E-state index is 11.4. The first-order chi connectivity index (χ1) is 8.97. The molecule has 4 nitrogen and oxygen atoms in total. The summed E-state index contributed by atoms with van der Waals surface area (Å²) in [6.45, 7) is 0. The predicted molar refractivity (Wildman–Crippen MR) is 72.5 cm³/mol. The summed E-state index contributed by atoms with van der Waals surface area (Å²) in [6, 6.07) is 7.20. The second-order valence-electron chi connectivity index (χ2n) is 4.75. The molecule has 2 N–H and O–H groups in total. The van der Waals surface area contributed by atoms with Crippen molar-refractivity contribution in [3.63, 3.8) is 0 Å². The lowest BCUT2D eigenvalue weighted by Gasteiger charge is -2.37. The van der Waals surface area contributed by atoms with Gasteiger partial charge in [0.2, 0.25) is 0 Å². The van der Waals surface area contributed by atoms with Crippen molar-refractivity contribution in [2.24, 2.45) is 0 Å². The van der Waals surface area contributed by atoms with Crippen molar-refractivity contribution in [1.29, 1.82) is 0 Å². The van der Waals surface area contributed by atoms with E-state index in [1.54, 1.807) is 18.1 Å².